The third kappa shape index (κ3) is 2.99. The Hall–Kier alpha value is -3.14. The second-order valence-electron chi connectivity index (χ2n) is 5.70. The molecular formula is C20H16O4. The fourth-order valence-electron chi connectivity index (χ4n) is 2.66. The van der Waals surface area contributed by atoms with Crippen molar-refractivity contribution in [2.24, 2.45) is 0 Å². The van der Waals surface area contributed by atoms with E-state index in [1.54, 1.807) is 13.0 Å². The van der Waals surface area contributed by atoms with E-state index in [9.17, 15) is 14.7 Å². The molecule has 1 N–H and O–H groups in total. The van der Waals surface area contributed by atoms with Gasteiger partial charge in [-0.05, 0) is 43.2 Å². The van der Waals surface area contributed by atoms with E-state index < -0.39 is 5.63 Å². The first-order valence-electron chi connectivity index (χ1n) is 7.51. The lowest BCUT2D eigenvalue weighted by Gasteiger charge is -2.06. The lowest BCUT2D eigenvalue weighted by molar-refractivity contribution is 0.104. The van der Waals surface area contributed by atoms with Crippen LogP contribution in [0.5, 0.6) is 5.75 Å². The minimum Gasteiger partial charge on any atom is -0.506 e. The number of hydrogen-bond donors (Lipinski definition) is 1. The van der Waals surface area contributed by atoms with Crippen LogP contribution in [-0.4, -0.2) is 10.9 Å². The van der Waals surface area contributed by atoms with Crippen molar-refractivity contribution in [3.8, 4) is 5.75 Å². The van der Waals surface area contributed by atoms with Crippen molar-refractivity contribution in [3.63, 3.8) is 0 Å². The zero-order valence-corrected chi connectivity index (χ0v) is 13.4. The van der Waals surface area contributed by atoms with Gasteiger partial charge in [-0.3, -0.25) is 4.79 Å². The fourth-order valence-corrected chi connectivity index (χ4v) is 2.66. The number of rotatable bonds is 3. The Morgan fingerprint density at radius 1 is 1.12 bits per heavy atom. The predicted molar refractivity (Wildman–Crippen MR) is 93.4 cm³/mol. The molecule has 0 spiro atoms. The Kier molecular flexibility index (Phi) is 4.04. The number of ketones is 1. The highest BCUT2D eigenvalue weighted by atomic mass is 16.4. The number of phenolic OH excluding ortho intramolecular Hbond substituents is 1. The maximum atomic E-state index is 12.4. The molecule has 2 aromatic carbocycles. The fraction of sp³-hybridized carbons (Fsp3) is 0.100. The van der Waals surface area contributed by atoms with Crippen molar-refractivity contribution in [1.82, 2.24) is 0 Å². The van der Waals surface area contributed by atoms with Crippen molar-refractivity contribution < 1.29 is 14.3 Å². The highest BCUT2D eigenvalue weighted by Gasteiger charge is 2.15. The molecule has 3 aromatic rings. The van der Waals surface area contributed by atoms with Gasteiger partial charge in [0.2, 0.25) is 0 Å². The van der Waals surface area contributed by atoms with Gasteiger partial charge < -0.3 is 9.52 Å². The van der Waals surface area contributed by atoms with E-state index in [-0.39, 0.29) is 22.7 Å². The summed E-state index contributed by atoms with van der Waals surface area (Å²) < 4.78 is 5.06. The molecule has 3 rings (SSSR count). The van der Waals surface area contributed by atoms with Crippen molar-refractivity contribution in [2.45, 2.75) is 13.8 Å². The van der Waals surface area contributed by atoms with Crippen LogP contribution >= 0.6 is 0 Å². The summed E-state index contributed by atoms with van der Waals surface area (Å²) in [5.41, 5.74) is 2.52. The lowest BCUT2D eigenvalue weighted by atomic mass is 10.0. The van der Waals surface area contributed by atoms with Gasteiger partial charge in [0.25, 0.3) is 0 Å². The van der Waals surface area contributed by atoms with E-state index in [0.29, 0.717) is 10.9 Å². The van der Waals surface area contributed by atoms with E-state index in [2.05, 4.69) is 0 Å². The monoisotopic (exact) mass is 320 g/mol. The Labute approximate surface area is 138 Å². The van der Waals surface area contributed by atoms with Gasteiger partial charge in [0.05, 0.1) is 10.9 Å². The van der Waals surface area contributed by atoms with E-state index >= 15 is 0 Å². The molecule has 0 saturated carbocycles. The number of carbonyl (C=O) groups is 1. The molecule has 4 heteroatoms. The second-order valence-corrected chi connectivity index (χ2v) is 5.70. The third-order valence-corrected chi connectivity index (χ3v) is 3.81. The number of fused-ring (bicyclic) bond motifs is 1. The normalized spacial score (nSPS) is 11.2. The number of phenols is 1. The van der Waals surface area contributed by atoms with Crippen LogP contribution in [0.15, 0.2) is 57.8 Å². The summed E-state index contributed by atoms with van der Waals surface area (Å²) in [7, 11) is 0. The van der Waals surface area contributed by atoms with Crippen molar-refractivity contribution in [3.05, 3.63) is 81.2 Å². The molecule has 0 atom stereocenters. The van der Waals surface area contributed by atoms with Crippen molar-refractivity contribution >= 4 is 22.8 Å². The zero-order valence-electron chi connectivity index (χ0n) is 13.4. The Balaban J connectivity index is 2.01. The van der Waals surface area contributed by atoms with Crippen LogP contribution in [0.4, 0.5) is 0 Å². The maximum absolute atomic E-state index is 12.4. The van der Waals surface area contributed by atoms with Crippen LogP contribution in [0.3, 0.4) is 0 Å². The van der Waals surface area contributed by atoms with Gasteiger partial charge in [0, 0.05) is 6.07 Å². The van der Waals surface area contributed by atoms with E-state index in [0.717, 1.165) is 11.1 Å². The highest BCUT2D eigenvalue weighted by molar-refractivity contribution is 6.11. The molecule has 1 aromatic heterocycles. The summed E-state index contributed by atoms with van der Waals surface area (Å²) >= 11 is 0. The molecule has 0 aliphatic rings. The first-order chi connectivity index (χ1) is 11.5. The molecule has 24 heavy (non-hydrogen) atoms. The van der Waals surface area contributed by atoms with E-state index in [1.807, 2.05) is 31.2 Å². The summed E-state index contributed by atoms with van der Waals surface area (Å²) in [6, 6.07) is 12.0. The van der Waals surface area contributed by atoms with Crippen molar-refractivity contribution in [2.75, 3.05) is 0 Å². The molecule has 0 saturated heterocycles. The molecule has 0 amide bonds. The predicted octanol–water partition coefficient (Wildman–Crippen LogP) is 4.01. The Morgan fingerprint density at radius 3 is 2.67 bits per heavy atom. The minimum atomic E-state index is -0.488. The average Bonchev–Trinajstić information content (AvgIpc) is 2.52. The van der Waals surface area contributed by atoms with E-state index in [4.69, 9.17) is 4.42 Å². The number of carbonyl (C=O) groups excluding carboxylic acids is 1. The van der Waals surface area contributed by atoms with Gasteiger partial charge in [-0.15, -0.1) is 0 Å². The Bertz CT molecular complexity index is 1030. The number of hydrogen-bond acceptors (Lipinski definition) is 4. The summed E-state index contributed by atoms with van der Waals surface area (Å²) in [5.74, 6) is -0.492. The van der Waals surface area contributed by atoms with Crippen LogP contribution in [0.1, 0.15) is 27.0 Å². The molecule has 4 nitrogen and oxygen atoms in total. The van der Waals surface area contributed by atoms with Gasteiger partial charge >= 0.3 is 5.63 Å². The molecular weight excluding hydrogens is 304 g/mol. The highest BCUT2D eigenvalue weighted by Crippen LogP contribution is 2.31. The van der Waals surface area contributed by atoms with Crippen LogP contribution in [0.2, 0.25) is 0 Å². The quantitative estimate of drug-likeness (QED) is 0.450. The van der Waals surface area contributed by atoms with Gasteiger partial charge in [0.1, 0.15) is 11.3 Å². The molecule has 0 fully saturated rings. The van der Waals surface area contributed by atoms with Gasteiger partial charge in [-0.25, -0.2) is 4.79 Å². The number of allylic oxidation sites excluding steroid dienone is 1. The summed E-state index contributed by atoms with van der Waals surface area (Å²) in [5, 5.41) is 10.8. The number of benzene rings is 2. The second kappa shape index (κ2) is 6.16. The van der Waals surface area contributed by atoms with Crippen LogP contribution in [0, 0.1) is 13.8 Å². The third-order valence-electron chi connectivity index (χ3n) is 3.81. The molecule has 0 aliphatic heterocycles. The molecule has 0 aliphatic carbocycles. The number of aromatic hydroxyl groups is 1. The summed E-state index contributed by atoms with van der Waals surface area (Å²) in [6.45, 7) is 3.67. The largest absolute Gasteiger partial charge is 0.506 e. The maximum Gasteiger partial charge on any atom is 0.336 e. The smallest absolute Gasteiger partial charge is 0.336 e. The van der Waals surface area contributed by atoms with Crippen LogP contribution < -0.4 is 5.63 Å². The SMILES string of the molecule is Cc1cccc(/C=C/C(=O)c2ccc3oc(=O)cc(C)c3c2O)c1. The van der Waals surface area contributed by atoms with Gasteiger partial charge in [0.15, 0.2) is 5.78 Å². The molecule has 120 valence electrons. The van der Waals surface area contributed by atoms with E-state index in [1.165, 1.54) is 24.3 Å². The molecule has 1 heterocycles. The zero-order chi connectivity index (χ0) is 17.3. The molecule has 0 unspecified atom stereocenters. The standard InChI is InChI=1S/C20H16O4/c1-12-4-3-5-14(10-12)6-8-16(21)15-7-9-17-19(20(15)23)13(2)11-18(22)24-17/h3-11,23H,1-2H3/b8-6+. The topological polar surface area (TPSA) is 67.5 Å². The minimum absolute atomic E-state index is 0.170. The van der Waals surface area contributed by atoms with Crippen LogP contribution in [0.25, 0.3) is 17.0 Å². The Morgan fingerprint density at radius 2 is 1.92 bits per heavy atom. The lowest BCUT2D eigenvalue weighted by Crippen LogP contribution is -2.01. The summed E-state index contributed by atoms with van der Waals surface area (Å²) in [6.07, 6.45) is 3.13. The molecule has 0 radical (unpaired) electrons. The van der Waals surface area contributed by atoms with Crippen molar-refractivity contribution in [1.29, 1.82) is 0 Å². The summed E-state index contributed by atoms with van der Waals surface area (Å²) in [4.78, 5) is 23.8. The first-order valence-corrected chi connectivity index (χ1v) is 7.51. The van der Waals surface area contributed by atoms with Gasteiger partial charge in [-0.2, -0.15) is 0 Å². The molecule has 0 bridgehead atoms. The van der Waals surface area contributed by atoms with Crippen LogP contribution in [-0.2, 0) is 0 Å². The average molecular weight is 320 g/mol. The van der Waals surface area contributed by atoms with Gasteiger partial charge in [-0.1, -0.05) is 35.9 Å². The number of aryl methyl sites for hydroxylation is 2. The first kappa shape index (κ1) is 15.7.